The van der Waals surface area contributed by atoms with Gasteiger partial charge in [-0.2, -0.15) is 33.7 Å². The predicted molar refractivity (Wildman–Crippen MR) is 137 cm³/mol. The van der Waals surface area contributed by atoms with Crippen LogP contribution < -0.4 is 71.9 Å². The third-order valence-corrected chi connectivity index (χ3v) is 9.71. The smallest absolute Gasteiger partial charge is 0.367 e. The molecule has 0 saturated heterocycles. The monoisotopic (exact) mass is 678 g/mol. The summed E-state index contributed by atoms with van der Waals surface area (Å²) in [6, 6.07) is 13.7. The molecular weight excluding hydrogens is 662 g/mol. The van der Waals surface area contributed by atoms with E-state index in [2.05, 4.69) is 9.97 Å². The van der Waals surface area contributed by atoms with Crippen molar-refractivity contribution in [3.63, 3.8) is 0 Å². The summed E-state index contributed by atoms with van der Waals surface area (Å²) >= 11 is 0. The molecule has 5 rings (SSSR count). The van der Waals surface area contributed by atoms with Crippen molar-refractivity contribution in [2.75, 3.05) is 8.61 Å². The quantitative estimate of drug-likeness (QED) is 0.107. The minimum atomic E-state index is -5.74. The first-order valence-electron chi connectivity index (χ1n) is 10.6. The van der Waals surface area contributed by atoms with Crippen LogP contribution in [0.15, 0.2) is 76.5 Å². The molecule has 3 aromatic carbocycles. The van der Waals surface area contributed by atoms with Gasteiger partial charge in [-0.25, -0.2) is 13.6 Å². The number of benzene rings is 3. The topological polar surface area (TPSA) is 242 Å². The van der Waals surface area contributed by atoms with Crippen LogP contribution in [0.1, 0.15) is 12.0 Å². The Balaban J connectivity index is 0.00000242. The molecule has 0 saturated carbocycles. The molecule has 0 radical (unpaired) electrons. The van der Waals surface area contributed by atoms with E-state index in [4.69, 9.17) is 4.18 Å². The van der Waals surface area contributed by atoms with Crippen LogP contribution in [-0.4, -0.2) is 57.3 Å². The van der Waals surface area contributed by atoms with Gasteiger partial charge in [-0.15, -0.1) is 0 Å². The summed E-state index contributed by atoms with van der Waals surface area (Å²) in [7, 11) is -22.1. The molecule has 2 heterocycles. The Morgan fingerprint density at radius 2 is 1.33 bits per heavy atom. The molecule has 0 aliphatic carbocycles. The van der Waals surface area contributed by atoms with Gasteiger partial charge in [0, 0.05) is 0 Å². The number of anilines is 2. The van der Waals surface area contributed by atoms with Crippen LogP contribution in [0.3, 0.4) is 0 Å². The molecule has 212 valence electrons. The van der Waals surface area contributed by atoms with Gasteiger partial charge < -0.3 is 9.17 Å². The number of para-hydroxylation sites is 3. The maximum absolute atomic E-state index is 13.7. The Morgan fingerprint density at radius 3 is 1.88 bits per heavy atom. The SMILES string of the molecule is O=S(=O)(O)c1ccc2c(c1S(=O)(=O)O)N(S(=O)(=O)Oc1ccccc1)C(c1nc3ccccc3[nH]1)N2S(=O)(=O)O.[Na+].[Na+]. The fourth-order valence-electron chi connectivity index (χ4n) is 4.17. The van der Waals surface area contributed by atoms with Crippen molar-refractivity contribution in [3.8, 4) is 5.75 Å². The molecule has 1 atom stereocenters. The van der Waals surface area contributed by atoms with Gasteiger partial charge >= 0.3 is 79.7 Å². The molecular formula is C20H16N4Na2O12S4+2. The van der Waals surface area contributed by atoms with Gasteiger partial charge in [-0.3, -0.25) is 13.7 Å². The second-order valence-electron chi connectivity index (χ2n) is 8.15. The molecule has 1 unspecified atom stereocenters. The molecule has 1 aliphatic rings. The number of fused-ring (bicyclic) bond motifs is 2. The second-order valence-corrected chi connectivity index (χ2v) is 13.6. The third-order valence-electron chi connectivity index (χ3n) is 5.60. The summed E-state index contributed by atoms with van der Waals surface area (Å²) in [5.41, 5.74) is -1.75. The number of hydrogen-bond acceptors (Lipinski definition) is 10. The number of hydrogen-bond donors (Lipinski definition) is 4. The number of imidazole rings is 1. The summed E-state index contributed by atoms with van der Waals surface area (Å²) in [6.45, 7) is 0. The molecule has 4 N–H and O–H groups in total. The van der Waals surface area contributed by atoms with Crippen molar-refractivity contribution < 1.29 is 111 Å². The Hall–Kier alpha value is -1.79. The Kier molecular flexibility index (Phi) is 9.87. The predicted octanol–water partition coefficient (Wildman–Crippen LogP) is -4.48. The molecule has 42 heavy (non-hydrogen) atoms. The third kappa shape index (κ3) is 6.36. The summed E-state index contributed by atoms with van der Waals surface area (Å²) in [4.78, 5) is 3.64. The second kappa shape index (κ2) is 12.0. The van der Waals surface area contributed by atoms with Crippen LogP contribution in [0.25, 0.3) is 11.0 Å². The zero-order chi connectivity index (χ0) is 29.3. The van der Waals surface area contributed by atoms with Gasteiger partial charge in [0.25, 0.3) is 20.2 Å². The van der Waals surface area contributed by atoms with Crippen molar-refractivity contribution >= 4 is 63.3 Å². The summed E-state index contributed by atoms with van der Waals surface area (Å²) in [6.07, 6.45) is -2.29. The maximum Gasteiger partial charge on any atom is 1.00 e. The van der Waals surface area contributed by atoms with E-state index in [1.165, 1.54) is 42.5 Å². The van der Waals surface area contributed by atoms with E-state index >= 15 is 0 Å². The number of aromatic amines is 1. The van der Waals surface area contributed by atoms with Gasteiger partial charge in [0.05, 0.1) is 16.7 Å². The van der Waals surface area contributed by atoms with Crippen LogP contribution in [0.4, 0.5) is 11.4 Å². The summed E-state index contributed by atoms with van der Waals surface area (Å²) < 4.78 is 137. The molecule has 0 fully saturated rings. The number of nitrogens with zero attached hydrogens (tertiary/aromatic N) is 3. The minimum Gasteiger partial charge on any atom is -0.367 e. The standard InChI is InChI=1S/C20H16N4O12S4.2Na/c25-37(26,27)16-11-10-15-17(18(16)38(28,29)30)24(40(34,35)36-12-6-2-1-3-7-12)20(23(15)39(31,32)33)19-21-13-8-4-5-9-14(13)22-19;;/h1-11,20H,(H,21,22)(H,25,26,27)(H,28,29,30)(H,31,32,33);;/q;2*+1. The maximum atomic E-state index is 13.7. The molecule has 0 amide bonds. The zero-order valence-corrected chi connectivity index (χ0v) is 28.7. The van der Waals surface area contributed by atoms with Crippen molar-refractivity contribution in [2.24, 2.45) is 0 Å². The van der Waals surface area contributed by atoms with Gasteiger partial charge in [0.2, 0.25) is 0 Å². The Labute approximate surface area is 283 Å². The largest absolute Gasteiger partial charge is 1.00 e. The van der Waals surface area contributed by atoms with Gasteiger partial charge in [-0.05, 0) is 36.4 Å². The van der Waals surface area contributed by atoms with Crippen molar-refractivity contribution in [1.29, 1.82) is 0 Å². The van der Waals surface area contributed by atoms with Crippen molar-refractivity contribution in [2.45, 2.75) is 16.0 Å². The number of nitrogens with one attached hydrogen (secondary N) is 1. The number of aromatic nitrogens is 2. The van der Waals surface area contributed by atoms with Crippen molar-refractivity contribution in [1.82, 2.24) is 9.97 Å². The van der Waals surface area contributed by atoms with E-state index in [0.717, 1.165) is 0 Å². The van der Waals surface area contributed by atoms with Crippen LogP contribution >= 0.6 is 0 Å². The van der Waals surface area contributed by atoms with Crippen LogP contribution in [0.5, 0.6) is 5.75 Å². The average Bonchev–Trinajstić information content (AvgIpc) is 3.42. The van der Waals surface area contributed by atoms with Gasteiger partial charge in [0.15, 0.2) is 12.0 Å². The first-order valence-corrected chi connectivity index (χ1v) is 16.3. The fraction of sp³-hybridized carbons (Fsp3) is 0.0500. The molecule has 22 heteroatoms. The van der Waals surface area contributed by atoms with Crippen LogP contribution in [-0.2, 0) is 40.8 Å². The molecule has 0 bridgehead atoms. The Morgan fingerprint density at radius 1 is 0.738 bits per heavy atom. The van der Waals surface area contributed by atoms with E-state index in [9.17, 15) is 47.3 Å². The molecule has 1 aliphatic heterocycles. The number of H-pyrrole nitrogens is 1. The van der Waals surface area contributed by atoms with E-state index in [-0.39, 0.29) is 84.5 Å². The van der Waals surface area contributed by atoms with Crippen molar-refractivity contribution in [3.05, 3.63) is 72.6 Å². The van der Waals surface area contributed by atoms with E-state index < -0.39 is 74.0 Å². The molecule has 0 spiro atoms. The Bertz CT molecular complexity index is 2080. The number of rotatable bonds is 7. The van der Waals surface area contributed by atoms with E-state index in [1.807, 2.05) is 0 Å². The van der Waals surface area contributed by atoms with E-state index in [0.29, 0.717) is 12.1 Å². The average molecular weight is 679 g/mol. The first kappa shape index (κ1) is 34.7. The van der Waals surface area contributed by atoms with Gasteiger partial charge in [-0.1, -0.05) is 30.3 Å². The molecule has 16 nitrogen and oxygen atoms in total. The summed E-state index contributed by atoms with van der Waals surface area (Å²) in [5.74, 6) is -0.831. The fourth-order valence-corrected chi connectivity index (χ4v) is 8.39. The minimum absolute atomic E-state index is 0. The molecule has 1 aromatic heterocycles. The van der Waals surface area contributed by atoms with E-state index in [1.54, 1.807) is 12.1 Å². The summed E-state index contributed by atoms with van der Waals surface area (Å²) in [5, 5.41) is 0. The van der Waals surface area contributed by atoms with Gasteiger partial charge in [0.1, 0.15) is 21.2 Å². The first-order chi connectivity index (χ1) is 18.5. The normalized spacial score (nSPS) is 15.5. The molecule has 4 aromatic rings. The van der Waals surface area contributed by atoms with Crippen LogP contribution in [0, 0.1) is 0 Å². The zero-order valence-electron chi connectivity index (χ0n) is 21.4. The van der Waals surface area contributed by atoms with Crippen LogP contribution in [0.2, 0.25) is 0 Å².